The summed E-state index contributed by atoms with van der Waals surface area (Å²) in [7, 11) is 0. The predicted octanol–water partition coefficient (Wildman–Crippen LogP) is 4.21. The lowest BCUT2D eigenvalue weighted by molar-refractivity contribution is -0.113. The van der Waals surface area contributed by atoms with E-state index in [0.29, 0.717) is 5.56 Å². The first-order valence-electron chi connectivity index (χ1n) is 6.48. The lowest BCUT2D eigenvalue weighted by Crippen LogP contribution is -2.58. The number of rotatable bonds is 2. The summed E-state index contributed by atoms with van der Waals surface area (Å²) in [6.07, 6.45) is 0. The SMILES string of the molecule is O=C(c1cccc(-c2ccccc2Br)c1)N1CC(F)(F)C1. The smallest absolute Gasteiger partial charge is 0.282 e. The first kappa shape index (κ1) is 14.2. The summed E-state index contributed by atoms with van der Waals surface area (Å²) in [5.74, 6) is -3.09. The number of benzene rings is 2. The van der Waals surface area contributed by atoms with Gasteiger partial charge in [0.2, 0.25) is 0 Å². The summed E-state index contributed by atoms with van der Waals surface area (Å²) >= 11 is 3.47. The van der Waals surface area contributed by atoms with E-state index in [2.05, 4.69) is 15.9 Å². The van der Waals surface area contributed by atoms with E-state index in [0.717, 1.165) is 15.6 Å². The zero-order valence-electron chi connectivity index (χ0n) is 11.0. The first-order chi connectivity index (χ1) is 9.96. The van der Waals surface area contributed by atoms with Crippen LogP contribution in [0.25, 0.3) is 11.1 Å². The fourth-order valence-corrected chi connectivity index (χ4v) is 2.87. The minimum atomic E-state index is -2.74. The van der Waals surface area contributed by atoms with E-state index in [1.54, 1.807) is 18.2 Å². The minimum Gasteiger partial charge on any atom is -0.326 e. The van der Waals surface area contributed by atoms with Crippen LogP contribution in [0.5, 0.6) is 0 Å². The Morgan fingerprint density at radius 2 is 1.81 bits per heavy atom. The van der Waals surface area contributed by atoms with Crippen molar-refractivity contribution in [1.29, 1.82) is 0 Å². The second-order valence-electron chi connectivity index (χ2n) is 5.08. The van der Waals surface area contributed by atoms with Crippen molar-refractivity contribution < 1.29 is 13.6 Å². The van der Waals surface area contributed by atoms with E-state index in [1.165, 1.54) is 4.90 Å². The summed E-state index contributed by atoms with van der Waals surface area (Å²) < 4.78 is 26.6. The maximum Gasteiger partial charge on any atom is 0.282 e. The lowest BCUT2D eigenvalue weighted by atomic mass is 10.0. The minimum absolute atomic E-state index is 0.352. The molecule has 3 rings (SSSR count). The summed E-state index contributed by atoms with van der Waals surface area (Å²) in [5.41, 5.74) is 2.26. The molecule has 0 N–H and O–H groups in total. The molecule has 0 radical (unpaired) electrons. The highest BCUT2D eigenvalue weighted by molar-refractivity contribution is 9.10. The summed E-state index contributed by atoms with van der Waals surface area (Å²) in [5, 5.41) is 0. The molecular formula is C16H12BrF2NO. The molecule has 2 nitrogen and oxygen atoms in total. The van der Waals surface area contributed by atoms with Gasteiger partial charge in [0.15, 0.2) is 0 Å². The zero-order chi connectivity index (χ0) is 15.0. The molecule has 21 heavy (non-hydrogen) atoms. The van der Waals surface area contributed by atoms with Crippen molar-refractivity contribution in [3.63, 3.8) is 0 Å². The van der Waals surface area contributed by atoms with Crippen LogP contribution >= 0.6 is 15.9 Å². The van der Waals surface area contributed by atoms with E-state index in [1.807, 2.05) is 30.3 Å². The van der Waals surface area contributed by atoms with Gasteiger partial charge in [-0.15, -0.1) is 0 Å². The molecule has 0 saturated carbocycles. The van der Waals surface area contributed by atoms with Crippen LogP contribution in [0.2, 0.25) is 0 Å². The van der Waals surface area contributed by atoms with Gasteiger partial charge in [-0.25, -0.2) is 8.78 Å². The van der Waals surface area contributed by atoms with Gasteiger partial charge in [0.05, 0.1) is 13.1 Å². The number of nitrogens with zero attached hydrogens (tertiary/aromatic N) is 1. The first-order valence-corrected chi connectivity index (χ1v) is 7.28. The molecular weight excluding hydrogens is 340 g/mol. The van der Waals surface area contributed by atoms with Gasteiger partial charge in [-0.1, -0.05) is 46.3 Å². The molecule has 1 fully saturated rings. The molecule has 1 amide bonds. The van der Waals surface area contributed by atoms with Crippen LogP contribution in [0.15, 0.2) is 53.0 Å². The van der Waals surface area contributed by atoms with Crippen molar-refractivity contribution in [2.45, 2.75) is 5.92 Å². The number of amides is 1. The van der Waals surface area contributed by atoms with Gasteiger partial charge in [-0.05, 0) is 29.3 Å². The molecule has 0 unspecified atom stereocenters. The van der Waals surface area contributed by atoms with Crippen molar-refractivity contribution >= 4 is 21.8 Å². The zero-order valence-corrected chi connectivity index (χ0v) is 12.6. The molecule has 5 heteroatoms. The van der Waals surface area contributed by atoms with E-state index < -0.39 is 19.0 Å². The molecule has 0 spiro atoms. The third kappa shape index (κ3) is 2.83. The van der Waals surface area contributed by atoms with Crippen LogP contribution in [0, 0.1) is 0 Å². The third-order valence-corrected chi connectivity index (χ3v) is 4.12. The van der Waals surface area contributed by atoms with Crippen LogP contribution in [0.1, 0.15) is 10.4 Å². The number of carbonyl (C=O) groups excluding carboxylic acids is 1. The molecule has 1 aliphatic heterocycles. The number of hydrogen-bond donors (Lipinski definition) is 0. The van der Waals surface area contributed by atoms with Crippen molar-refractivity contribution in [2.75, 3.05) is 13.1 Å². The molecule has 0 atom stereocenters. The maximum atomic E-state index is 12.9. The Morgan fingerprint density at radius 1 is 1.10 bits per heavy atom. The van der Waals surface area contributed by atoms with Crippen molar-refractivity contribution in [3.8, 4) is 11.1 Å². The molecule has 2 aromatic rings. The molecule has 1 saturated heterocycles. The topological polar surface area (TPSA) is 20.3 Å². The molecule has 2 aromatic carbocycles. The Labute approximate surface area is 129 Å². The molecule has 0 bridgehead atoms. The van der Waals surface area contributed by atoms with Gasteiger partial charge in [0, 0.05) is 10.0 Å². The lowest BCUT2D eigenvalue weighted by Gasteiger charge is -2.38. The second kappa shape index (κ2) is 5.22. The fourth-order valence-electron chi connectivity index (χ4n) is 2.35. The Morgan fingerprint density at radius 3 is 2.48 bits per heavy atom. The van der Waals surface area contributed by atoms with Crippen LogP contribution in [-0.4, -0.2) is 29.8 Å². The van der Waals surface area contributed by atoms with E-state index in [4.69, 9.17) is 0 Å². The molecule has 0 aliphatic carbocycles. The molecule has 1 heterocycles. The second-order valence-corrected chi connectivity index (χ2v) is 5.93. The van der Waals surface area contributed by atoms with Crippen LogP contribution in [-0.2, 0) is 0 Å². The quantitative estimate of drug-likeness (QED) is 0.793. The number of likely N-dealkylation sites (tertiary alicyclic amines) is 1. The molecule has 108 valence electrons. The highest BCUT2D eigenvalue weighted by Gasteiger charge is 2.46. The Bertz CT molecular complexity index is 694. The van der Waals surface area contributed by atoms with Crippen molar-refractivity contribution in [3.05, 3.63) is 58.6 Å². The average Bonchev–Trinajstić information content (AvgIpc) is 2.44. The number of halogens is 3. The van der Waals surface area contributed by atoms with Gasteiger partial charge < -0.3 is 4.90 Å². The van der Waals surface area contributed by atoms with Crippen molar-refractivity contribution in [1.82, 2.24) is 4.90 Å². The van der Waals surface area contributed by atoms with Gasteiger partial charge in [-0.3, -0.25) is 4.79 Å². The average molecular weight is 352 g/mol. The molecule has 1 aliphatic rings. The van der Waals surface area contributed by atoms with Gasteiger partial charge in [-0.2, -0.15) is 0 Å². The summed E-state index contributed by atoms with van der Waals surface area (Å²) in [6, 6.07) is 14.7. The van der Waals surface area contributed by atoms with Crippen LogP contribution in [0.3, 0.4) is 0 Å². The summed E-state index contributed by atoms with van der Waals surface area (Å²) in [4.78, 5) is 13.3. The standard InChI is InChI=1S/C16H12BrF2NO/c17-14-7-2-1-6-13(14)11-4-3-5-12(8-11)15(21)20-9-16(18,19)10-20/h1-8H,9-10H2. The Balaban J connectivity index is 1.87. The number of alkyl halides is 2. The largest absolute Gasteiger partial charge is 0.326 e. The molecule has 0 aromatic heterocycles. The fraction of sp³-hybridized carbons (Fsp3) is 0.188. The highest BCUT2D eigenvalue weighted by atomic mass is 79.9. The number of carbonyl (C=O) groups is 1. The Kier molecular flexibility index (Phi) is 3.53. The Hall–Kier alpha value is -1.75. The van der Waals surface area contributed by atoms with Crippen LogP contribution < -0.4 is 0 Å². The van der Waals surface area contributed by atoms with Gasteiger partial charge in [0.1, 0.15) is 0 Å². The third-order valence-electron chi connectivity index (χ3n) is 3.43. The van der Waals surface area contributed by atoms with Crippen LogP contribution in [0.4, 0.5) is 8.78 Å². The van der Waals surface area contributed by atoms with Gasteiger partial charge in [0.25, 0.3) is 11.8 Å². The monoisotopic (exact) mass is 351 g/mol. The van der Waals surface area contributed by atoms with Gasteiger partial charge >= 0.3 is 0 Å². The maximum absolute atomic E-state index is 12.9. The summed E-state index contributed by atoms with van der Waals surface area (Å²) in [6.45, 7) is -0.990. The number of hydrogen-bond acceptors (Lipinski definition) is 1. The highest BCUT2D eigenvalue weighted by Crippen LogP contribution is 2.31. The van der Waals surface area contributed by atoms with Crippen molar-refractivity contribution in [2.24, 2.45) is 0 Å². The predicted molar refractivity (Wildman–Crippen MR) is 80.4 cm³/mol. The van der Waals surface area contributed by atoms with E-state index in [9.17, 15) is 13.6 Å². The van der Waals surface area contributed by atoms with E-state index >= 15 is 0 Å². The normalized spacial score (nSPS) is 16.4. The van der Waals surface area contributed by atoms with E-state index in [-0.39, 0.29) is 5.91 Å².